The van der Waals surface area contributed by atoms with Gasteiger partial charge in [-0.2, -0.15) is 0 Å². The molecule has 0 spiro atoms. The Hall–Kier alpha value is -1.13. The minimum Gasteiger partial charge on any atom is -0.489 e. The Kier molecular flexibility index (Phi) is 3.15. The Morgan fingerprint density at radius 3 is 2.75 bits per heavy atom. The van der Waals surface area contributed by atoms with Crippen LogP contribution in [0.4, 0.5) is 4.39 Å². The zero-order valence-corrected chi connectivity index (χ0v) is 12.1. The van der Waals surface area contributed by atoms with Crippen molar-refractivity contribution in [1.82, 2.24) is 5.32 Å². The predicted octanol–water partition coefficient (Wildman–Crippen LogP) is 4.09. The summed E-state index contributed by atoms with van der Waals surface area (Å²) in [4.78, 5) is 0. The van der Waals surface area contributed by atoms with E-state index in [0.29, 0.717) is 17.5 Å². The molecule has 0 saturated carbocycles. The van der Waals surface area contributed by atoms with Gasteiger partial charge in [0, 0.05) is 17.5 Å². The Bertz CT molecular complexity index is 614. The van der Waals surface area contributed by atoms with Crippen molar-refractivity contribution in [3.63, 3.8) is 0 Å². The molecule has 3 heterocycles. The Balaban J connectivity index is 1.58. The van der Waals surface area contributed by atoms with Crippen molar-refractivity contribution in [3.8, 4) is 5.75 Å². The smallest absolute Gasteiger partial charge is 0.137 e. The zero-order chi connectivity index (χ0) is 13.5. The lowest BCUT2D eigenvalue weighted by molar-refractivity contribution is 0.0940. The molecule has 2 aromatic rings. The first-order valence-electron chi connectivity index (χ1n) is 7.38. The van der Waals surface area contributed by atoms with Crippen LogP contribution in [-0.2, 0) is 0 Å². The molecule has 3 atom stereocenters. The highest BCUT2D eigenvalue weighted by molar-refractivity contribution is 7.17. The SMILES string of the molecule is Fc1ccc(OC2C[C@H]3CCC[C@@H](C2)N3)c2sccc12. The lowest BCUT2D eigenvalue weighted by Gasteiger charge is -2.40. The second-order valence-electron chi connectivity index (χ2n) is 5.91. The minimum absolute atomic E-state index is 0.157. The minimum atomic E-state index is -0.157. The molecule has 2 aliphatic rings. The molecule has 0 aliphatic carbocycles. The number of fused-ring (bicyclic) bond motifs is 3. The van der Waals surface area contributed by atoms with Gasteiger partial charge in [-0.25, -0.2) is 4.39 Å². The predicted molar refractivity (Wildman–Crippen MR) is 80.0 cm³/mol. The molecule has 1 aromatic carbocycles. The molecule has 2 fully saturated rings. The average Bonchev–Trinajstić information content (AvgIpc) is 2.92. The standard InChI is InChI=1S/C16H18FNOS/c17-14-4-5-15(16-13(14)6-7-20-16)19-12-8-10-2-1-3-11(9-12)18-10/h4-7,10-12,18H,1-3,8-9H2/t10-,11+,12?. The van der Waals surface area contributed by atoms with Crippen LogP contribution in [0.5, 0.6) is 5.75 Å². The van der Waals surface area contributed by atoms with Crippen LogP contribution in [0.3, 0.4) is 0 Å². The molecule has 0 radical (unpaired) electrons. The number of nitrogens with one attached hydrogen (secondary N) is 1. The summed E-state index contributed by atoms with van der Waals surface area (Å²) in [5, 5.41) is 6.28. The molecule has 1 N–H and O–H groups in total. The summed E-state index contributed by atoms with van der Waals surface area (Å²) in [6.45, 7) is 0. The highest BCUT2D eigenvalue weighted by atomic mass is 32.1. The first-order chi connectivity index (χ1) is 9.79. The average molecular weight is 291 g/mol. The summed E-state index contributed by atoms with van der Waals surface area (Å²) in [6, 6.07) is 6.34. The van der Waals surface area contributed by atoms with Gasteiger partial charge in [-0.1, -0.05) is 6.42 Å². The topological polar surface area (TPSA) is 21.3 Å². The fraction of sp³-hybridized carbons (Fsp3) is 0.500. The van der Waals surface area contributed by atoms with E-state index in [9.17, 15) is 4.39 Å². The highest BCUT2D eigenvalue weighted by Gasteiger charge is 2.32. The van der Waals surface area contributed by atoms with Gasteiger partial charge in [0.15, 0.2) is 0 Å². The molecule has 106 valence electrons. The van der Waals surface area contributed by atoms with Gasteiger partial charge in [0.25, 0.3) is 0 Å². The third-order valence-corrected chi connectivity index (χ3v) is 5.42. The first kappa shape index (κ1) is 12.6. The number of benzene rings is 1. The van der Waals surface area contributed by atoms with Crippen LogP contribution in [0.2, 0.25) is 0 Å². The summed E-state index contributed by atoms with van der Waals surface area (Å²) >= 11 is 1.56. The van der Waals surface area contributed by atoms with E-state index in [1.807, 2.05) is 11.4 Å². The Labute approximate surface area is 121 Å². The molecular weight excluding hydrogens is 273 g/mol. The van der Waals surface area contributed by atoms with E-state index in [2.05, 4.69) is 5.32 Å². The van der Waals surface area contributed by atoms with Gasteiger partial charge >= 0.3 is 0 Å². The summed E-state index contributed by atoms with van der Waals surface area (Å²) in [6.07, 6.45) is 6.26. The lowest BCUT2D eigenvalue weighted by Crippen LogP contribution is -2.51. The summed E-state index contributed by atoms with van der Waals surface area (Å²) in [5.74, 6) is 0.692. The molecular formula is C16H18FNOS. The molecule has 4 rings (SSSR count). The molecule has 4 heteroatoms. The molecule has 1 unspecified atom stereocenters. The van der Waals surface area contributed by atoms with Gasteiger partial charge in [-0.15, -0.1) is 11.3 Å². The van der Waals surface area contributed by atoms with Gasteiger partial charge in [0.05, 0.1) is 4.70 Å². The van der Waals surface area contributed by atoms with E-state index in [4.69, 9.17) is 4.74 Å². The van der Waals surface area contributed by atoms with Gasteiger partial charge in [-0.05, 0) is 49.3 Å². The van der Waals surface area contributed by atoms with E-state index in [-0.39, 0.29) is 11.9 Å². The van der Waals surface area contributed by atoms with Gasteiger partial charge in [0.1, 0.15) is 17.7 Å². The first-order valence-corrected chi connectivity index (χ1v) is 8.26. The van der Waals surface area contributed by atoms with E-state index in [1.54, 1.807) is 17.4 Å². The van der Waals surface area contributed by atoms with Gasteiger partial charge in [-0.3, -0.25) is 0 Å². The molecule has 2 aliphatic heterocycles. The largest absolute Gasteiger partial charge is 0.489 e. The maximum Gasteiger partial charge on any atom is 0.137 e. The van der Waals surface area contributed by atoms with Crippen molar-refractivity contribution >= 4 is 21.4 Å². The third-order valence-electron chi connectivity index (χ3n) is 4.49. The monoisotopic (exact) mass is 291 g/mol. The molecule has 0 amide bonds. The fourth-order valence-electron chi connectivity index (χ4n) is 3.58. The van der Waals surface area contributed by atoms with Crippen LogP contribution in [-0.4, -0.2) is 18.2 Å². The fourth-order valence-corrected chi connectivity index (χ4v) is 4.45. The quantitative estimate of drug-likeness (QED) is 0.899. The van der Waals surface area contributed by atoms with Crippen LogP contribution in [0.25, 0.3) is 10.1 Å². The van der Waals surface area contributed by atoms with E-state index >= 15 is 0 Å². The molecule has 2 nitrogen and oxygen atoms in total. The highest BCUT2D eigenvalue weighted by Crippen LogP contribution is 2.35. The number of hydrogen-bond acceptors (Lipinski definition) is 3. The van der Waals surface area contributed by atoms with Crippen molar-refractivity contribution in [2.45, 2.75) is 50.3 Å². The molecule has 2 saturated heterocycles. The van der Waals surface area contributed by atoms with E-state index < -0.39 is 0 Å². The number of ether oxygens (including phenoxy) is 1. The maximum absolute atomic E-state index is 13.7. The van der Waals surface area contributed by atoms with Crippen molar-refractivity contribution in [1.29, 1.82) is 0 Å². The second-order valence-corrected chi connectivity index (χ2v) is 6.83. The lowest BCUT2D eigenvalue weighted by atomic mass is 9.85. The number of rotatable bonds is 2. The summed E-state index contributed by atoms with van der Waals surface area (Å²) < 4.78 is 20.9. The van der Waals surface area contributed by atoms with E-state index in [1.165, 1.54) is 25.3 Å². The van der Waals surface area contributed by atoms with Crippen molar-refractivity contribution in [2.24, 2.45) is 0 Å². The van der Waals surface area contributed by atoms with Crippen LogP contribution < -0.4 is 10.1 Å². The van der Waals surface area contributed by atoms with Crippen LogP contribution in [0, 0.1) is 5.82 Å². The number of hydrogen-bond donors (Lipinski definition) is 1. The molecule has 2 bridgehead atoms. The molecule has 20 heavy (non-hydrogen) atoms. The van der Waals surface area contributed by atoms with Crippen molar-refractivity contribution in [2.75, 3.05) is 0 Å². The third kappa shape index (κ3) is 2.21. The number of piperidine rings is 2. The van der Waals surface area contributed by atoms with Crippen LogP contribution in [0.1, 0.15) is 32.1 Å². The van der Waals surface area contributed by atoms with Crippen molar-refractivity contribution in [3.05, 3.63) is 29.4 Å². The maximum atomic E-state index is 13.7. The number of thiophene rings is 1. The van der Waals surface area contributed by atoms with Crippen molar-refractivity contribution < 1.29 is 9.13 Å². The van der Waals surface area contributed by atoms with Gasteiger partial charge < -0.3 is 10.1 Å². The van der Waals surface area contributed by atoms with Gasteiger partial charge in [0.2, 0.25) is 0 Å². The molecule has 1 aromatic heterocycles. The van der Waals surface area contributed by atoms with Crippen LogP contribution >= 0.6 is 11.3 Å². The summed E-state index contributed by atoms with van der Waals surface area (Å²) in [7, 11) is 0. The van der Waals surface area contributed by atoms with E-state index in [0.717, 1.165) is 23.3 Å². The number of halogens is 1. The Morgan fingerprint density at radius 2 is 1.95 bits per heavy atom. The normalized spacial score (nSPS) is 29.6. The zero-order valence-electron chi connectivity index (χ0n) is 11.3. The second kappa shape index (κ2) is 5.01. The Morgan fingerprint density at radius 1 is 1.15 bits per heavy atom. The van der Waals surface area contributed by atoms with Crippen LogP contribution in [0.15, 0.2) is 23.6 Å². The summed E-state index contributed by atoms with van der Waals surface area (Å²) in [5.41, 5.74) is 0.